The Labute approximate surface area is 203 Å². The van der Waals surface area contributed by atoms with Gasteiger partial charge >= 0.3 is 6.09 Å². The number of methoxy groups -OCH3 is 2. The van der Waals surface area contributed by atoms with E-state index in [0.29, 0.717) is 29.2 Å². The second kappa shape index (κ2) is 10.7. The summed E-state index contributed by atoms with van der Waals surface area (Å²) >= 11 is 0. The van der Waals surface area contributed by atoms with Gasteiger partial charge in [0.05, 0.1) is 14.2 Å². The van der Waals surface area contributed by atoms with E-state index in [1.54, 1.807) is 50.6 Å². The number of aryl methyl sites for hydroxylation is 1. The average molecular weight is 475 g/mol. The highest BCUT2D eigenvalue weighted by atomic mass is 16.6. The van der Waals surface area contributed by atoms with E-state index < -0.39 is 18.2 Å². The van der Waals surface area contributed by atoms with Gasteiger partial charge in [0, 0.05) is 18.2 Å². The van der Waals surface area contributed by atoms with Gasteiger partial charge in [0.1, 0.15) is 24.2 Å². The summed E-state index contributed by atoms with van der Waals surface area (Å²) in [6, 6.07) is 18.2. The Hall–Kier alpha value is -4.40. The number of hydrazone groups is 1. The molecule has 2 aromatic carbocycles. The largest absolute Gasteiger partial charge is 0.493 e. The van der Waals surface area contributed by atoms with Gasteiger partial charge in [0.25, 0.3) is 5.91 Å². The maximum absolute atomic E-state index is 12.9. The number of cyclic esters (lactones) is 1. The number of nitrogens with zero attached hydrogens (tertiary/aromatic N) is 3. The van der Waals surface area contributed by atoms with Gasteiger partial charge in [-0.2, -0.15) is 10.1 Å². The van der Waals surface area contributed by atoms with Crippen LogP contribution in [0.25, 0.3) is 0 Å². The van der Waals surface area contributed by atoms with Crippen LogP contribution in [0, 0.1) is 6.92 Å². The van der Waals surface area contributed by atoms with E-state index in [0.717, 1.165) is 16.1 Å². The highest BCUT2D eigenvalue weighted by Gasteiger charge is 2.32. The first kappa shape index (κ1) is 23.7. The molecule has 0 aliphatic carbocycles. The van der Waals surface area contributed by atoms with Gasteiger partial charge in [0.15, 0.2) is 11.5 Å². The molecule has 2 heterocycles. The van der Waals surface area contributed by atoms with Crippen LogP contribution in [0.15, 0.2) is 72.0 Å². The molecule has 0 fully saturated rings. The molecule has 1 atom stereocenters. The van der Waals surface area contributed by atoms with Crippen LogP contribution in [0.5, 0.6) is 11.5 Å². The highest BCUT2D eigenvalue weighted by Crippen LogP contribution is 2.28. The van der Waals surface area contributed by atoms with E-state index in [9.17, 15) is 9.59 Å². The zero-order chi connectivity index (χ0) is 24.8. The number of ether oxygens (including phenoxy) is 3. The lowest BCUT2D eigenvalue weighted by Crippen LogP contribution is -2.52. The number of benzene rings is 2. The lowest BCUT2D eigenvalue weighted by molar-refractivity contribution is 0.0701. The zero-order valence-corrected chi connectivity index (χ0v) is 19.7. The topological polar surface area (TPSA) is 102 Å². The van der Waals surface area contributed by atoms with Crippen molar-refractivity contribution in [2.75, 3.05) is 20.8 Å². The van der Waals surface area contributed by atoms with Gasteiger partial charge in [-0.1, -0.05) is 35.9 Å². The molecule has 35 heavy (non-hydrogen) atoms. The van der Waals surface area contributed by atoms with E-state index in [1.165, 1.54) is 6.20 Å². The molecule has 2 amide bonds. The number of carbonyl (C=O) groups excluding carboxylic acids is 2. The zero-order valence-electron chi connectivity index (χ0n) is 19.7. The smallest absolute Gasteiger partial charge is 0.432 e. The number of nitrogens with one attached hydrogen (secondary N) is 1. The third-order valence-electron chi connectivity index (χ3n) is 5.50. The quantitative estimate of drug-likeness (QED) is 0.536. The Bertz CT molecular complexity index is 1230. The monoisotopic (exact) mass is 474 g/mol. The van der Waals surface area contributed by atoms with Gasteiger partial charge in [-0.3, -0.25) is 9.78 Å². The SMILES string of the molecule is COc1ccc(C2=NN(C(Cc3ccc(C)cc3)NC(=O)c3ccccn3)C(=O)OC2)cc1OC. The van der Waals surface area contributed by atoms with E-state index in [4.69, 9.17) is 14.2 Å². The number of amides is 2. The molecule has 0 radical (unpaired) electrons. The van der Waals surface area contributed by atoms with Gasteiger partial charge in [-0.15, -0.1) is 0 Å². The number of hydrogen-bond acceptors (Lipinski definition) is 7. The standard InChI is InChI=1S/C26H26N4O5/c1-17-7-9-18(10-8-17)14-24(28-25(31)20-6-4-5-13-27-20)30-26(32)35-16-21(29-30)19-11-12-22(33-2)23(15-19)34-3/h4-13,15,24H,14,16H2,1-3H3,(H,28,31). The first-order valence-corrected chi connectivity index (χ1v) is 11.0. The third kappa shape index (κ3) is 5.57. The molecule has 4 rings (SSSR count). The summed E-state index contributed by atoms with van der Waals surface area (Å²) in [6.45, 7) is 1.97. The maximum atomic E-state index is 12.9. The Kier molecular flexibility index (Phi) is 7.25. The number of pyridine rings is 1. The minimum absolute atomic E-state index is 0.0176. The van der Waals surface area contributed by atoms with Gasteiger partial charge in [-0.25, -0.2) is 4.79 Å². The molecule has 1 unspecified atom stereocenters. The Morgan fingerprint density at radius 1 is 1.09 bits per heavy atom. The summed E-state index contributed by atoms with van der Waals surface area (Å²) in [5, 5.41) is 8.61. The highest BCUT2D eigenvalue weighted by molar-refractivity contribution is 6.04. The van der Waals surface area contributed by atoms with Gasteiger partial charge < -0.3 is 19.5 Å². The lowest BCUT2D eigenvalue weighted by atomic mass is 10.1. The second-order valence-electron chi connectivity index (χ2n) is 7.91. The molecule has 1 aliphatic rings. The van der Waals surface area contributed by atoms with Gasteiger partial charge in [-0.05, 0) is 42.8 Å². The molecule has 180 valence electrons. The van der Waals surface area contributed by atoms with Crippen molar-refractivity contribution in [3.8, 4) is 11.5 Å². The van der Waals surface area contributed by atoms with Crippen molar-refractivity contribution in [1.29, 1.82) is 0 Å². The summed E-state index contributed by atoms with van der Waals surface area (Å²) in [4.78, 5) is 29.8. The van der Waals surface area contributed by atoms with Crippen molar-refractivity contribution in [2.24, 2.45) is 5.10 Å². The number of aromatic nitrogens is 1. The molecule has 3 aromatic rings. The van der Waals surface area contributed by atoms with Crippen LogP contribution in [-0.4, -0.2) is 54.7 Å². The number of rotatable bonds is 8. The average Bonchev–Trinajstić information content (AvgIpc) is 2.90. The maximum Gasteiger partial charge on any atom is 0.432 e. The molecule has 1 aromatic heterocycles. The van der Waals surface area contributed by atoms with Crippen molar-refractivity contribution in [3.05, 3.63) is 89.2 Å². The van der Waals surface area contributed by atoms with Crippen molar-refractivity contribution in [1.82, 2.24) is 15.3 Å². The van der Waals surface area contributed by atoms with E-state index in [-0.39, 0.29) is 12.3 Å². The van der Waals surface area contributed by atoms with Gasteiger partial charge in [0.2, 0.25) is 0 Å². The van der Waals surface area contributed by atoms with Crippen LogP contribution < -0.4 is 14.8 Å². The molecule has 9 nitrogen and oxygen atoms in total. The Morgan fingerprint density at radius 3 is 2.54 bits per heavy atom. The molecule has 0 bridgehead atoms. The Morgan fingerprint density at radius 2 is 1.86 bits per heavy atom. The molecule has 0 spiro atoms. The summed E-state index contributed by atoms with van der Waals surface area (Å²) in [7, 11) is 3.10. The molecule has 0 saturated carbocycles. The fraction of sp³-hybridized carbons (Fsp3) is 0.231. The summed E-state index contributed by atoms with van der Waals surface area (Å²) in [5.41, 5.74) is 3.46. The van der Waals surface area contributed by atoms with E-state index >= 15 is 0 Å². The second-order valence-corrected chi connectivity index (χ2v) is 7.91. The Balaban J connectivity index is 1.67. The van der Waals surface area contributed by atoms with Crippen molar-refractivity contribution in [2.45, 2.75) is 19.5 Å². The molecular formula is C26H26N4O5. The normalized spacial score (nSPS) is 14.0. The van der Waals surface area contributed by atoms with Crippen LogP contribution in [0.4, 0.5) is 4.79 Å². The van der Waals surface area contributed by atoms with Crippen LogP contribution in [-0.2, 0) is 11.2 Å². The minimum Gasteiger partial charge on any atom is -0.493 e. The third-order valence-corrected chi connectivity index (χ3v) is 5.50. The van der Waals surface area contributed by atoms with Crippen molar-refractivity contribution >= 4 is 17.7 Å². The van der Waals surface area contributed by atoms with Crippen LogP contribution in [0.1, 0.15) is 27.2 Å². The number of carbonyl (C=O) groups is 2. The molecule has 1 aliphatic heterocycles. The first-order chi connectivity index (χ1) is 17.0. The van der Waals surface area contributed by atoms with Crippen molar-refractivity contribution in [3.63, 3.8) is 0 Å². The fourth-order valence-electron chi connectivity index (χ4n) is 3.62. The number of hydrogen-bond donors (Lipinski definition) is 1. The predicted molar refractivity (Wildman–Crippen MR) is 130 cm³/mol. The van der Waals surface area contributed by atoms with Crippen LogP contribution in [0.2, 0.25) is 0 Å². The van der Waals surface area contributed by atoms with E-state index in [2.05, 4.69) is 15.4 Å². The minimum atomic E-state index is -0.810. The fourth-order valence-corrected chi connectivity index (χ4v) is 3.62. The molecule has 1 N–H and O–H groups in total. The summed E-state index contributed by atoms with van der Waals surface area (Å²) < 4.78 is 16.1. The summed E-state index contributed by atoms with van der Waals surface area (Å²) in [5.74, 6) is 0.668. The first-order valence-electron chi connectivity index (χ1n) is 11.0. The predicted octanol–water partition coefficient (Wildman–Crippen LogP) is 3.56. The molecule has 0 saturated heterocycles. The summed E-state index contributed by atoms with van der Waals surface area (Å²) in [6.07, 6.45) is 0.381. The molecule has 9 heteroatoms. The van der Waals surface area contributed by atoms with Crippen LogP contribution in [0.3, 0.4) is 0 Å². The molecular weight excluding hydrogens is 448 g/mol. The van der Waals surface area contributed by atoms with Crippen LogP contribution >= 0.6 is 0 Å². The lowest BCUT2D eigenvalue weighted by Gasteiger charge is -2.31. The van der Waals surface area contributed by atoms with Crippen molar-refractivity contribution < 1.29 is 23.8 Å². The van der Waals surface area contributed by atoms with E-state index in [1.807, 2.05) is 31.2 Å².